The number of aliphatic imine (C=N–C) groups is 2. The van der Waals surface area contributed by atoms with Gasteiger partial charge in [0.05, 0.1) is 23.4 Å². The number of unbranched alkanes of at least 4 members (excludes halogenated alkanes) is 2. The quantitative estimate of drug-likeness (QED) is 0.361. The Labute approximate surface area is 96.5 Å². The van der Waals surface area contributed by atoms with Gasteiger partial charge in [0.1, 0.15) is 0 Å². The molecule has 0 atom stereocenters. The minimum atomic E-state index is 0.451. The molecule has 0 aliphatic heterocycles. The first-order chi connectivity index (χ1) is 6.85. The average Bonchev–Trinajstić information content (AvgIpc) is 2.21. The molecule has 78 valence electrons. The lowest BCUT2D eigenvalue weighted by Crippen LogP contribution is -2.08. The molecule has 0 aliphatic carbocycles. The molecule has 0 amide bonds. The number of isothiocyanates is 2. The number of hydrogen-bond acceptors (Lipinski definition) is 4. The van der Waals surface area contributed by atoms with Crippen LogP contribution >= 0.6 is 24.4 Å². The van der Waals surface area contributed by atoms with Crippen molar-refractivity contribution in [1.82, 2.24) is 0 Å². The molecule has 2 nitrogen and oxygen atoms in total. The van der Waals surface area contributed by atoms with E-state index in [0.29, 0.717) is 19.0 Å². The van der Waals surface area contributed by atoms with Gasteiger partial charge in [0.2, 0.25) is 0 Å². The van der Waals surface area contributed by atoms with Crippen LogP contribution in [0.1, 0.15) is 32.6 Å². The summed E-state index contributed by atoms with van der Waals surface area (Å²) >= 11 is 9.07. The predicted molar refractivity (Wildman–Crippen MR) is 67.4 cm³/mol. The van der Waals surface area contributed by atoms with Gasteiger partial charge in [-0.25, -0.2) is 9.98 Å². The van der Waals surface area contributed by atoms with E-state index in [2.05, 4.69) is 51.7 Å². The molecule has 4 heteroatoms. The minimum absolute atomic E-state index is 0.451. The van der Waals surface area contributed by atoms with E-state index in [4.69, 9.17) is 0 Å². The van der Waals surface area contributed by atoms with E-state index < -0.39 is 0 Å². The van der Waals surface area contributed by atoms with E-state index in [1.165, 1.54) is 19.3 Å². The smallest absolute Gasteiger partial charge is 0.0585 e. The lowest BCUT2D eigenvalue weighted by Gasteiger charge is -2.09. The topological polar surface area (TPSA) is 24.7 Å². The average molecular weight is 228 g/mol. The fourth-order valence-corrected chi connectivity index (χ4v) is 1.41. The summed E-state index contributed by atoms with van der Waals surface area (Å²) < 4.78 is 0. The third-order valence-electron chi connectivity index (χ3n) is 2.04. The number of rotatable bonds is 8. The summed E-state index contributed by atoms with van der Waals surface area (Å²) in [5, 5.41) is 4.77. The Bertz CT molecular complexity index is 208. The largest absolute Gasteiger partial charge is 0.232 e. The Morgan fingerprint density at radius 1 is 1.07 bits per heavy atom. The van der Waals surface area contributed by atoms with Gasteiger partial charge in [-0.2, -0.15) is 0 Å². The fraction of sp³-hybridized carbons (Fsp3) is 0.800. The van der Waals surface area contributed by atoms with Crippen molar-refractivity contribution in [2.45, 2.75) is 32.6 Å². The van der Waals surface area contributed by atoms with Crippen LogP contribution in [0.2, 0.25) is 0 Å². The molecule has 14 heavy (non-hydrogen) atoms. The molecule has 0 aromatic heterocycles. The van der Waals surface area contributed by atoms with Crippen LogP contribution in [0.25, 0.3) is 0 Å². The molecule has 0 aliphatic rings. The molecule has 0 rings (SSSR count). The molecular weight excluding hydrogens is 212 g/mol. The maximum absolute atomic E-state index is 4.53. The number of nitrogens with zero attached hydrogens (tertiary/aromatic N) is 2. The summed E-state index contributed by atoms with van der Waals surface area (Å²) in [4.78, 5) is 7.89. The van der Waals surface area contributed by atoms with E-state index in [1.54, 1.807) is 0 Å². The summed E-state index contributed by atoms with van der Waals surface area (Å²) in [7, 11) is 0. The van der Waals surface area contributed by atoms with Gasteiger partial charge < -0.3 is 0 Å². The zero-order valence-electron chi connectivity index (χ0n) is 8.53. The van der Waals surface area contributed by atoms with Crippen LogP contribution in [0.3, 0.4) is 0 Å². The maximum atomic E-state index is 4.53. The summed E-state index contributed by atoms with van der Waals surface area (Å²) in [5.41, 5.74) is 0. The van der Waals surface area contributed by atoms with Gasteiger partial charge in [-0.05, 0) is 36.8 Å². The molecule has 0 aromatic carbocycles. The van der Waals surface area contributed by atoms with Crippen molar-refractivity contribution in [3.8, 4) is 0 Å². The Balaban J connectivity index is 3.82. The third-order valence-corrected chi connectivity index (χ3v) is 2.30. The highest BCUT2D eigenvalue weighted by Crippen LogP contribution is 2.10. The predicted octanol–water partition coefficient (Wildman–Crippen LogP) is 3.39. The van der Waals surface area contributed by atoms with Crippen LogP contribution in [0.15, 0.2) is 9.98 Å². The SMILES string of the molecule is CCCCCC(CN=C=S)CN=C=S. The molecule has 0 unspecified atom stereocenters. The zero-order chi connectivity index (χ0) is 10.6. The molecule has 0 saturated heterocycles. The third kappa shape index (κ3) is 8.21. The fourth-order valence-electron chi connectivity index (χ4n) is 1.26. The van der Waals surface area contributed by atoms with Crippen molar-refractivity contribution in [2.24, 2.45) is 15.9 Å². The van der Waals surface area contributed by atoms with Crippen molar-refractivity contribution in [2.75, 3.05) is 13.1 Å². The van der Waals surface area contributed by atoms with Gasteiger partial charge in [-0.1, -0.05) is 26.2 Å². The van der Waals surface area contributed by atoms with Gasteiger partial charge in [0, 0.05) is 0 Å². The van der Waals surface area contributed by atoms with E-state index in [0.717, 1.165) is 6.42 Å². The van der Waals surface area contributed by atoms with Crippen LogP contribution in [-0.2, 0) is 0 Å². The first-order valence-corrected chi connectivity index (χ1v) is 5.74. The second-order valence-electron chi connectivity index (χ2n) is 3.23. The van der Waals surface area contributed by atoms with Crippen molar-refractivity contribution in [3.63, 3.8) is 0 Å². The highest BCUT2D eigenvalue weighted by atomic mass is 32.1. The highest BCUT2D eigenvalue weighted by molar-refractivity contribution is 7.78. The van der Waals surface area contributed by atoms with Crippen molar-refractivity contribution in [1.29, 1.82) is 0 Å². The maximum Gasteiger partial charge on any atom is 0.0585 e. The summed E-state index contributed by atoms with van der Waals surface area (Å²) in [5.74, 6) is 0.451. The van der Waals surface area contributed by atoms with Gasteiger partial charge in [0.15, 0.2) is 0 Å². The van der Waals surface area contributed by atoms with Crippen LogP contribution in [0, 0.1) is 5.92 Å². The molecule has 0 aromatic rings. The zero-order valence-corrected chi connectivity index (χ0v) is 10.2. The van der Waals surface area contributed by atoms with Crippen molar-refractivity contribution < 1.29 is 0 Å². The molecule has 0 saturated carbocycles. The van der Waals surface area contributed by atoms with Crippen LogP contribution in [0.5, 0.6) is 0 Å². The molecular formula is C10H16N2S2. The second-order valence-corrected chi connectivity index (χ2v) is 3.59. The molecule has 0 heterocycles. The van der Waals surface area contributed by atoms with Crippen molar-refractivity contribution >= 4 is 34.8 Å². The summed E-state index contributed by atoms with van der Waals surface area (Å²) in [6, 6.07) is 0. The normalized spacial score (nSPS) is 11.2. The lowest BCUT2D eigenvalue weighted by molar-refractivity contribution is 0.480. The highest BCUT2D eigenvalue weighted by Gasteiger charge is 2.06. The molecule has 0 radical (unpaired) electrons. The van der Waals surface area contributed by atoms with Gasteiger partial charge in [-0.15, -0.1) is 0 Å². The molecule has 0 spiro atoms. The van der Waals surface area contributed by atoms with E-state index in [9.17, 15) is 0 Å². The lowest BCUT2D eigenvalue weighted by atomic mass is 10.0. The Hall–Kier alpha value is -0.400. The molecule has 0 N–H and O–H groups in total. The van der Waals surface area contributed by atoms with Crippen LogP contribution in [0.4, 0.5) is 0 Å². The number of hydrogen-bond donors (Lipinski definition) is 0. The van der Waals surface area contributed by atoms with Gasteiger partial charge >= 0.3 is 0 Å². The number of thiocarbonyl (C=S) groups is 2. The first-order valence-electron chi connectivity index (χ1n) is 4.92. The second kappa shape index (κ2) is 10.7. The molecule has 0 fully saturated rings. The Morgan fingerprint density at radius 2 is 1.64 bits per heavy atom. The summed E-state index contributed by atoms with van der Waals surface area (Å²) in [6.07, 6.45) is 4.86. The first kappa shape index (κ1) is 13.6. The Morgan fingerprint density at radius 3 is 2.07 bits per heavy atom. The van der Waals surface area contributed by atoms with Crippen LogP contribution < -0.4 is 0 Å². The standard InChI is InChI=1S/C10H16N2S2/c1-2-3-4-5-10(6-11-8-13)7-12-9-14/h10H,2-7H2,1H3. The van der Waals surface area contributed by atoms with E-state index in [-0.39, 0.29) is 0 Å². The van der Waals surface area contributed by atoms with Crippen molar-refractivity contribution in [3.05, 3.63) is 0 Å². The van der Waals surface area contributed by atoms with Crippen LogP contribution in [-0.4, -0.2) is 23.4 Å². The monoisotopic (exact) mass is 228 g/mol. The summed E-state index contributed by atoms with van der Waals surface area (Å²) in [6.45, 7) is 3.63. The Kier molecular flexibility index (Phi) is 10.4. The molecule has 0 bridgehead atoms. The van der Waals surface area contributed by atoms with E-state index >= 15 is 0 Å². The van der Waals surface area contributed by atoms with E-state index in [1.807, 2.05) is 0 Å². The minimum Gasteiger partial charge on any atom is -0.232 e. The van der Waals surface area contributed by atoms with Gasteiger partial charge in [0.25, 0.3) is 0 Å². The van der Waals surface area contributed by atoms with Gasteiger partial charge in [-0.3, -0.25) is 0 Å².